The fraction of sp³-hybridized carbons (Fsp3) is 0.269. The molecule has 10 heteroatoms. The summed E-state index contributed by atoms with van der Waals surface area (Å²) in [6, 6.07) is 12.6. The van der Waals surface area contributed by atoms with Gasteiger partial charge in [-0.05, 0) is 48.2 Å². The lowest BCUT2D eigenvalue weighted by atomic mass is 9.91. The van der Waals surface area contributed by atoms with Gasteiger partial charge in [0.2, 0.25) is 5.88 Å². The van der Waals surface area contributed by atoms with E-state index >= 15 is 0 Å². The second-order valence-corrected chi connectivity index (χ2v) is 8.39. The van der Waals surface area contributed by atoms with Crippen molar-refractivity contribution < 1.29 is 27.4 Å². The summed E-state index contributed by atoms with van der Waals surface area (Å²) in [6.07, 6.45) is 0.878. The molecule has 1 unspecified atom stereocenters. The van der Waals surface area contributed by atoms with E-state index in [0.29, 0.717) is 36.8 Å². The Bertz CT molecular complexity index is 1230. The van der Waals surface area contributed by atoms with Crippen molar-refractivity contribution in [1.82, 2.24) is 14.9 Å². The standard InChI is InChI=1S/C26H25F3N4O3/c1-17-16-33(25(34)32-20-6-9-24(35-2)31-14-20)11-10-19(17)12-18-4-3-5-21(13-18)36-22-7-8-23(30-15-22)26(27,28)29/h3-9,12-15,17H,10-11,16H2,1-2H3,(H,32,34). The Labute approximate surface area is 206 Å². The van der Waals surface area contributed by atoms with Crippen LogP contribution in [0.1, 0.15) is 24.6 Å². The quantitative estimate of drug-likeness (QED) is 0.450. The second-order valence-electron chi connectivity index (χ2n) is 8.39. The summed E-state index contributed by atoms with van der Waals surface area (Å²) >= 11 is 0. The van der Waals surface area contributed by atoms with Crippen molar-refractivity contribution >= 4 is 17.8 Å². The summed E-state index contributed by atoms with van der Waals surface area (Å²) in [7, 11) is 1.53. The lowest BCUT2D eigenvalue weighted by Gasteiger charge is -2.33. The number of methoxy groups -OCH3 is 1. The number of nitrogens with one attached hydrogen (secondary N) is 1. The van der Waals surface area contributed by atoms with E-state index in [9.17, 15) is 18.0 Å². The fourth-order valence-electron chi connectivity index (χ4n) is 3.85. The van der Waals surface area contributed by atoms with Crippen LogP contribution in [0.25, 0.3) is 6.08 Å². The zero-order valence-corrected chi connectivity index (χ0v) is 19.7. The highest BCUT2D eigenvalue weighted by atomic mass is 19.4. The number of likely N-dealkylation sites (tertiary alicyclic amines) is 1. The van der Waals surface area contributed by atoms with Crippen LogP contribution in [0, 0.1) is 5.92 Å². The molecule has 7 nitrogen and oxygen atoms in total. The predicted molar refractivity (Wildman–Crippen MR) is 129 cm³/mol. The van der Waals surface area contributed by atoms with Crippen LogP contribution in [0.4, 0.5) is 23.7 Å². The van der Waals surface area contributed by atoms with Gasteiger partial charge in [0.15, 0.2) is 0 Å². The van der Waals surface area contributed by atoms with Gasteiger partial charge in [0.25, 0.3) is 0 Å². The van der Waals surface area contributed by atoms with Gasteiger partial charge in [-0.25, -0.2) is 14.8 Å². The number of pyridine rings is 2. The van der Waals surface area contributed by atoms with E-state index in [1.54, 1.807) is 29.3 Å². The number of rotatable bonds is 5. The van der Waals surface area contributed by atoms with Gasteiger partial charge in [-0.15, -0.1) is 0 Å². The van der Waals surface area contributed by atoms with Gasteiger partial charge in [0.1, 0.15) is 17.2 Å². The Morgan fingerprint density at radius 1 is 1.11 bits per heavy atom. The number of nitrogens with zero attached hydrogens (tertiary/aromatic N) is 3. The Hall–Kier alpha value is -4.08. The van der Waals surface area contributed by atoms with E-state index in [2.05, 4.69) is 28.3 Å². The third-order valence-electron chi connectivity index (χ3n) is 5.75. The van der Waals surface area contributed by atoms with Crippen LogP contribution in [-0.2, 0) is 6.18 Å². The van der Waals surface area contributed by atoms with E-state index in [1.807, 2.05) is 18.2 Å². The van der Waals surface area contributed by atoms with Crippen molar-refractivity contribution in [2.24, 2.45) is 5.92 Å². The van der Waals surface area contributed by atoms with E-state index < -0.39 is 11.9 Å². The highest BCUT2D eigenvalue weighted by Crippen LogP contribution is 2.30. The maximum atomic E-state index is 12.7. The van der Waals surface area contributed by atoms with Gasteiger partial charge in [-0.1, -0.05) is 30.7 Å². The number of ether oxygens (including phenoxy) is 2. The molecule has 1 N–H and O–H groups in total. The molecule has 3 aromatic rings. The average Bonchev–Trinajstić information content (AvgIpc) is 2.86. The maximum Gasteiger partial charge on any atom is 0.433 e. The number of hydrogen-bond acceptors (Lipinski definition) is 5. The van der Waals surface area contributed by atoms with Crippen LogP contribution in [0.3, 0.4) is 0 Å². The van der Waals surface area contributed by atoms with Crippen LogP contribution in [0.2, 0.25) is 0 Å². The van der Waals surface area contributed by atoms with Gasteiger partial charge < -0.3 is 19.7 Å². The third-order valence-corrected chi connectivity index (χ3v) is 5.75. The number of urea groups is 1. The number of aromatic nitrogens is 2. The van der Waals surface area contributed by atoms with Gasteiger partial charge >= 0.3 is 12.2 Å². The van der Waals surface area contributed by atoms with E-state index in [1.165, 1.54) is 18.7 Å². The molecule has 4 rings (SSSR count). The maximum absolute atomic E-state index is 12.7. The van der Waals surface area contributed by atoms with Crippen molar-refractivity contribution in [1.29, 1.82) is 0 Å². The molecule has 0 bridgehead atoms. The zero-order chi connectivity index (χ0) is 25.7. The summed E-state index contributed by atoms with van der Waals surface area (Å²) in [5.74, 6) is 1.32. The van der Waals surface area contributed by atoms with Crippen molar-refractivity contribution in [3.05, 3.63) is 77.8 Å². The molecule has 1 fully saturated rings. The molecule has 1 aromatic carbocycles. The number of carbonyl (C=O) groups is 1. The summed E-state index contributed by atoms with van der Waals surface area (Å²) in [6.45, 7) is 3.20. The molecule has 1 aliphatic heterocycles. The fourth-order valence-corrected chi connectivity index (χ4v) is 3.85. The summed E-state index contributed by atoms with van der Waals surface area (Å²) in [4.78, 5) is 22.0. The first kappa shape index (κ1) is 25.0. The molecule has 1 atom stereocenters. The Morgan fingerprint density at radius 3 is 2.58 bits per heavy atom. The lowest BCUT2D eigenvalue weighted by Crippen LogP contribution is -2.42. The topological polar surface area (TPSA) is 76.6 Å². The molecule has 0 spiro atoms. The van der Waals surface area contributed by atoms with Crippen LogP contribution >= 0.6 is 0 Å². The monoisotopic (exact) mass is 498 g/mol. The van der Waals surface area contributed by atoms with Crippen molar-refractivity contribution in [2.45, 2.75) is 19.5 Å². The van der Waals surface area contributed by atoms with E-state index in [-0.39, 0.29) is 17.7 Å². The normalized spacial score (nSPS) is 17.1. The van der Waals surface area contributed by atoms with Gasteiger partial charge in [0, 0.05) is 19.2 Å². The number of piperidine rings is 1. The molecular weight excluding hydrogens is 473 g/mol. The van der Waals surface area contributed by atoms with Gasteiger partial charge in [-0.3, -0.25) is 0 Å². The lowest BCUT2D eigenvalue weighted by molar-refractivity contribution is -0.141. The molecule has 2 amide bonds. The SMILES string of the molecule is COc1ccc(NC(=O)N2CCC(=Cc3cccc(Oc4ccc(C(F)(F)F)nc4)c3)C(C)C2)cn1. The van der Waals surface area contributed by atoms with E-state index in [0.717, 1.165) is 17.8 Å². The molecule has 1 saturated heterocycles. The van der Waals surface area contributed by atoms with Gasteiger partial charge in [-0.2, -0.15) is 13.2 Å². The minimum absolute atomic E-state index is 0.141. The largest absolute Gasteiger partial charge is 0.481 e. The highest BCUT2D eigenvalue weighted by molar-refractivity contribution is 5.89. The summed E-state index contributed by atoms with van der Waals surface area (Å²) in [5, 5.41) is 2.86. The first-order valence-corrected chi connectivity index (χ1v) is 11.3. The van der Waals surface area contributed by atoms with Crippen molar-refractivity contribution in [2.75, 3.05) is 25.5 Å². The zero-order valence-electron chi connectivity index (χ0n) is 19.7. The minimum atomic E-state index is -4.50. The Morgan fingerprint density at radius 2 is 1.94 bits per heavy atom. The third kappa shape index (κ3) is 6.32. The number of hydrogen-bond donors (Lipinski definition) is 1. The molecule has 188 valence electrons. The second kappa shape index (κ2) is 10.7. The smallest absolute Gasteiger partial charge is 0.433 e. The van der Waals surface area contributed by atoms with E-state index in [4.69, 9.17) is 9.47 Å². The number of amides is 2. The number of benzene rings is 1. The number of anilines is 1. The summed E-state index contributed by atoms with van der Waals surface area (Å²) in [5.41, 5.74) is 1.72. The predicted octanol–water partition coefficient (Wildman–Crippen LogP) is 6.25. The molecule has 0 saturated carbocycles. The molecule has 2 aromatic heterocycles. The van der Waals surface area contributed by atoms with Crippen LogP contribution in [0.15, 0.2) is 66.5 Å². The molecule has 36 heavy (non-hydrogen) atoms. The molecule has 0 aliphatic carbocycles. The summed E-state index contributed by atoms with van der Waals surface area (Å²) < 4.78 is 48.8. The van der Waals surface area contributed by atoms with Crippen LogP contribution in [-0.4, -0.2) is 41.1 Å². The number of halogens is 3. The Balaban J connectivity index is 1.37. The van der Waals surface area contributed by atoms with Crippen LogP contribution in [0.5, 0.6) is 17.4 Å². The van der Waals surface area contributed by atoms with Crippen LogP contribution < -0.4 is 14.8 Å². The molecular formula is C26H25F3N4O3. The van der Waals surface area contributed by atoms with Crippen molar-refractivity contribution in [3.8, 4) is 17.4 Å². The highest BCUT2D eigenvalue weighted by Gasteiger charge is 2.32. The molecule has 0 radical (unpaired) electrons. The number of alkyl halides is 3. The molecule has 3 heterocycles. The first-order chi connectivity index (χ1) is 17.2. The van der Waals surface area contributed by atoms with Gasteiger partial charge in [0.05, 0.1) is 25.2 Å². The molecule has 1 aliphatic rings. The Kier molecular flexibility index (Phi) is 7.42. The van der Waals surface area contributed by atoms with Crippen molar-refractivity contribution in [3.63, 3.8) is 0 Å². The first-order valence-electron chi connectivity index (χ1n) is 11.3. The average molecular weight is 499 g/mol. The number of carbonyl (C=O) groups excluding carboxylic acids is 1. The minimum Gasteiger partial charge on any atom is -0.481 e.